The number of hydrogen-bond acceptors (Lipinski definition) is 5. The lowest BCUT2D eigenvalue weighted by atomic mass is 10.2. The Hall–Kier alpha value is -2.45. The lowest BCUT2D eigenvalue weighted by molar-refractivity contribution is -0.137. The quantitative estimate of drug-likeness (QED) is 0.559. The number of benzene rings is 1. The number of rotatable bonds is 6. The Kier molecular flexibility index (Phi) is 6.54. The molecule has 0 spiro atoms. The monoisotopic (exact) mass is 445 g/mol. The minimum atomic E-state index is -4.55. The van der Waals surface area contributed by atoms with E-state index in [1.165, 1.54) is 18.3 Å². The predicted octanol–water partition coefficient (Wildman–Crippen LogP) is 5.36. The van der Waals surface area contributed by atoms with Crippen LogP contribution in [0.4, 0.5) is 13.2 Å². The highest BCUT2D eigenvalue weighted by atomic mass is 35.5. The number of likely N-dealkylation sites (N-methyl/N-ethyl adjacent to an activating group) is 1. The molecule has 29 heavy (non-hydrogen) atoms. The number of ether oxygens (including phenoxy) is 2. The molecule has 10 heteroatoms. The minimum absolute atomic E-state index is 0.0715. The molecule has 0 saturated heterocycles. The van der Waals surface area contributed by atoms with E-state index in [4.69, 9.17) is 32.7 Å². The number of allylic oxidation sites excluding steroid dienone is 2. The van der Waals surface area contributed by atoms with Gasteiger partial charge in [0.2, 0.25) is 11.2 Å². The highest BCUT2D eigenvalue weighted by Gasteiger charge is 2.33. The molecule has 154 valence electrons. The summed E-state index contributed by atoms with van der Waals surface area (Å²) in [7, 11) is 1.85. The van der Waals surface area contributed by atoms with Crippen molar-refractivity contribution < 1.29 is 22.6 Å². The zero-order valence-electron chi connectivity index (χ0n) is 15.2. The van der Waals surface area contributed by atoms with Gasteiger partial charge in [-0.3, -0.25) is 0 Å². The summed E-state index contributed by atoms with van der Waals surface area (Å²) in [4.78, 5) is 9.64. The van der Waals surface area contributed by atoms with Gasteiger partial charge < -0.3 is 14.4 Å². The molecule has 0 atom stereocenters. The summed E-state index contributed by atoms with van der Waals surface area (Å²) in [5, 5.41) is -0.260. The van der Waals surface area contributed by atoms with Crippen molar-refractivity contribution >= 4 is 23.2 Å². The topological polar surface area (TPSA) is 47.5 Å². The fraction of sp³-hybridized carbons (Fsp3) is 0.263. The third kappa shape index (κ3) is 5.77. The van der Waals surface area contributed by atoms with Crippen LogP contribution < -0.4 is 9.47 Å². The van der Waals surface area contributed by atoms with Crippen LogP contribution in [0.5, 0.6) is 11.6 Å². The molecular weight excluding hydrogens is 430 g/mol. The molecule has 0 fully saturated rings. The third-order valence-electron chi connectivity index (χ3n) is 4.05. The molecule has 0 radical (unpaired) electrons. The van der Waals surface area contributed by atoms with Crippen molar-refractivity contribution in [2.24, 2.45) is 0 Å². The van der Waals surface area contributed by atoms with Gasteiger partial charge in [-0.2, -0.15) is 18.2 Å². The Morgan fingerprint density at radius 3 is 2.66 bits per heavy atom. The van der Waals surface area contributed by atoms with Crippen molar-refractivity contribution in [3.05, 3.63) is 69.9 Å². The Morgan fingerprint density at radius 1 is 1.17 bits per heavy atom. The first-order chi connectivity index (χ1) is 13.7. The van der Waals surface area contributed by atoms with Gasteiger partial charge in [-0.1, -0.05) is 11.6 Å². The highest BCUT2D eigenvalue weighted by molar-refractivity contribution is 6.31. The number of aromatic nitrogens is 2. The van der Waals surface area contributed by atoms with Crippen molar-refractivity contribution in [3.8, 4) is 11.6 Å². The molecule has 5 nitrogen and oxygen atoms in total. The third-order valence-corrected chi connectivity index (χ3v) is 4.56. The molecule has 0 aliphatic carbocycles. The minimum Gasteiger partial charge on any atom is -0.477 e. The van der Waals surface area contributed by atoms with Crippen molar-refractivity contribution in [1.29, 1.82) is 0 Å². The second-order valence-corrected chi connectivity index (χ2v) is 6.90. The van der Waals surface area contributed by atoms with Gasteiger partial charge in [-0.15, -0.1) is 0 Å². The summed E-state index contributed by atoms with van der Waals surface area (Å²) in [6.45, 7) is 0.773. The van der Waals surface area contributed by atoms with Crippen molar-refractivity contribution in [3.63, 3.8) is 0 Å². The maximum absolute atomic E-state index is 13.0. The average molecular weight is 446 g/mol. The van der Waals surface area contributed by atoms with E-state index in [9.17, 15) is 13.2 Å². The molecule has 0 amide bonds. The fourth-order valence-corrected chi connectivity index (χ4v) is 3.01. The van der Waals surface area contributed by atoms with E-state index < -0.39 is 11.7 Å². The largest absolute Gasteiger partial charge is 0.477 e. The van der Waals surface area contributed by atoms with Gasteiger partial charge in [-0.05, 0) is 42.0 Å². The molecule has 1 aromatic heterocycles. The molecule has 3 rings (SSSR count). The van der Waals surface area contributed by atoms with E-state index in [1.807, 2.05) is 18.0 Å². The van der Waals surface area contributed by atoms with Crippen LogP contribution in [0, 0.1) is 0 Å². The van der Waals surface area contributed by atoms with Crippen molar-refractivity contribution in [2.45, 2.75) is 12.6 Å². The molecule has 1 aliphatic rings. The molecule has 2 aromatic rings. The Balaban J connectivity index is 1.62. The van der Waals surface area contributed by atoms with Crippen molar-refractivity contribution in [2.75, 3.05) is 20.2 Å². The lowest BCUT2D eigenvalue weighted by Gasteiger charge is -2.27. The normalized spacial score (nSPS) is 14.3. The Labute approximate surface area is 175 Å². The molecule has 0 saturated carbocycles. The van der Waals surface area contributed by atoms with Gasteiger partial charge in [0.05, 0.1) is 23.7 Å². The van der Waals surface area contributed by atoms with Crippen LogP contribution in [0.25, 0.3) is 0 Å². The van der Waals surface area contributed by atoms with Crippen LogP contribution in [-0.4, -0.2) is 35.1 Å². The molecule has 1 aromatic carbocycles. The van der Waals surface area contributed by atoms with Gasteiger partial charge in [0.1, 0.15) is 11.5 Å². The summed E-state index contributed by atoms with van der Waals surface area (Å²) in [6, 6.07) is 5.07. The molecule has 1 aliphatic heterocycles. The van der Waals surface area contributed by atoms with E-state index in [2.05, 4.69) is 9.97 Å². The van der Waals surface area contributed by atoms with Gasteiger partial charge in [0, 0.05) is 31.4 Å². The van der Waals surface area contributed by atoms with Crippen LogP contribution in [0.2, 0.25) is 10.3 Å². The zero-order chi connectivity index (χ0) is 21.0. The molecular formula is C19H16Cl2F3N3O2. The van der Waals surface area contributed by atoms with Gasteiger partial charge in [0.25, 0.3) is 0 Å². The number of nitrogens with zero attached hydrogens (tertiary/aromatic N) is 3. The SMILES string of the molecule is CN1CC(Oc2ccc(Cl)c(C(F)(F)F)c2)=CC=C1CCOc1ccnc(Cl)n1. The van der Waals surface area contributed by atoms with E-state index in [0.717, 1.165) is 11.8 Å². The first-order valence-electron chi connectivity index (χ1n) is 8.49. The lowest BCUT2D eigenvalue weighted by Crippen LogP contribution is -2.26. The van der Waals surface area contributed by atoms with Crippen LogP contribution >= 0.6 is 23.2 Å². The number of alkyl halides is 3. The smallest absolute Gasteiger partial charge is 0.417 e. The van der Waals surface area contributed by atoms with Crippen LogP contribution in [0.15, 0.2) is 54.1 Å². The van der Waals surface area contributed by atoms with E-state index in [0.29, 0.717) is 31.2 Å². The number of halogens is 5. The fourth-order valence-electron chi connectivity index (χ4n) is 2.64. The Morgan fingerprint density at radius 2 is 1.97 bits per heavy atom. The summed E-state index contributed by atoms with van der Waals surface area (Å²) < 4.78 is 50.1. The Bertz CT molecular complexity index is 949. The molecule has 0 bridgehead atoms. The standard InChI is InChI=1S/C19H16Cl2F3N3O2/c1-27-11-14(29-13-4-5-16(20)15(10-13)19(22,23)24)3-2-12(27)7-9-28-17-6-8-25-18(21)26-17/h2-6,8,10H,7,9,11H2,1H3. The maximum atomic E-state index is 13.0. The first kappa shape index (κ1) is 21.3. The second-order valence-electron chi connectivity index (χ2n) is 6.15. The van der Waals surface area contributed by atoms with E-state index in [1.54, 1.807) is 12.1 Å². The zero-order valence-corrected chi connectivity index (χ0v) is 16.7. The van der Waals surface area contributed by atoms with Crippen LogP contribution in [-0.2, 0) is 6.18 Å². The summed E-state index contributed by atoms with van der Waals surface area (Å²) in [5.41, 5.74) is 0.0456. The summed E-state index contributed by atoms with van der Waals surface area (Å²) >= 11 is 11.3. The molecule has 0 N–H and O–H groups in total. The molecule has 0 unspecified atom stereocenters. The average Bonchev–Trinajstić information content (AvgIpc) is 2.64. The second kappa shape index (κ2) is 8.92. The van der Waals surface area contributed by atoms with Gasteiger partial charge in [0.15, 0.2) is 0 Å². The van der Waals surface area contributed by atoms with E-state index in [-0.39, 0.29) is 16.1 Å². The molecule has 2 heterocycles. The van der Waals surface area contributed by atoms with Gasteiger partial charge >= 0.3 is 6.18 Å². The van der Waals surface area contributed by atoms with Crippen LogP contribution in [0.1, 0.15) is 12.0 Å². The van der Waals surface area contributed by atoms with Gasteiger partial charge in [-0.25, -0.2) is 4.98 Å². The van der Waals surface area contributed by atoms with E-state index >= 15 is 0 Å². The predicted molar refractivity (Wildman–Crippen MR) is 103 cm³/mol. The van der Waals surface area contributed by atoms with Crippen molar-refractivity contribution in [1.82, 2.24) is 14.9 Å². The first-order valence-corrected chi connectivity index (χ1v) is 9.25. The number of hydrogen-bond donors (Lipinski definition) is 0. The highest BCUT2D eigenvalue weighted by Crippen LogP contribution is 2.37. The summed E-state index contributed by atoms with van der Waals surface area (Å²) in [5.74, 6) is 0.962. The van der Waals surface area contributed by atoms with Crippen LogP contribution in [0.3, 0.4) is 0 Å². The summed E-state index contributed by atoms with van der Waals surface area (Å²) in [6.07, 6.45) is 1.11. The maximum Gasteiger partial charge on any atom is 0.417 e.